The Balaban J connectivity index is 1.06. The fourth-order valence-corrected chi connectivity index (χ4v) is 9.30. The number of amidine groups is 1. The largest absolute Gasteiger partial charge is 0.456 e. The molecule has 1 N–H and O–H groups in total. The second-order valence-corrected chi connectivity index (χ2v) is 16.0. The van der Waals surface area contributed by atoms with Crippen LogP contribution >= 0.6 is 0 Å². The van der Waals surface area contributed by atoms with E-state index < -0.39 is 0 Å². The molecule has 0 radical (unpaired) electrons. The van der Waals surface area contributed by atoms with E-state index in [1.165, 1.54) is 27.4 Å². The van der Waals surface area contributed by atoms with Crippen LogP contribution in [0.15, 0.2) is 240 Å². The summed E-state index contributed by atoms with van der Waals surface area (Å²) in [4.78, 5) is 7.79. The van der Waals surface area contributed by atoms with Gasteiger partial charge in [0.15, 0.2) is 0 Å². The molecule has 0 aliphatic carbocycles. The highest BCUT2D eigenvalue weighted by Crippen LogP contribution is 2.44. The summed E-state index contributed by atoms with van der Waals surface area (Å²) in [6, 6.07) is 79.1. The van der Waals surface area contributed by atoms with Gasteiger partial charge in [0, 0.05) is 55.8 Å². The van der Waals surface area contributed by atoms with E-state index in [2.05, 4.69) is 233 Å². The van der Waals surface area contributed by atoms with Crippen molar-refractivity contribution >= 4 is 72.3 Å². The van der Waals surface area contributed by atoms with Crippen LogP contribution in [0.25, 0.3) is 66.3 Å². The highest BCUT2D eigenvalue weighted by atomic mass is 16.3. The molecule has 0 amide bonds. The Bertz CT molecular complexity index is 3480. The molecule has 1 unspecified atom stereocenters. The number of aliphatic imine (C=N–C) groups is 1. The van der Waals surface area contributed by atoms with Crippen LogP contribution in [0.2, 0.25) is 0 Å². The normalized spacial score (nSPS) is 13.9. The summed E-state index contributed by atoms with van der Waals surface area (Å²) >= 11 is 0. The van der Waals surface area contributed by atoms with Gasteiger partial charge in [-0.3, -0.25) is 0 Å². The Morgan fingerprint density at radius 1 is 0.460 bits per heavy atom. The molecular formula is C58H40N4O. The predicted octanol–water partition coefficient (Wildman–Crippen LogP) is 15.0. The fraction of sp³-hybridized carbons (Fsp3) is 0.0172. The third kappa shape index (κ3) is 6.46. The number of para-hydroxylation sites is 4. The second-order valence-electron chi connectivity index (χ2n) is 16.0. The number of furan rings is 1. The molecule has 1 aliphatic rings. The maximum Gasteiger partial charge on any atom is 0.138 e. The number of rotatable bonds is 8. The number of hydrogen-bond acceptors (Lipinski definition) is 4. The van der Waals surface area contributed by atoms with Crippen LogP contribution in [0.4, 0.5) is 17.1 Å². The lowest BCUT2D eigenvalue weighted by molar-refractivity contribution is 0.669. The van der Waals surface area contributed by atoms with Gasteiger partial charge < -0.3 is 19.2 Å². The lowest BCUT2D eigenvalue weighted by Crippen LogP contribution is -2.31. The van der Waals surface area contributed by atoms with Crippen molar-refractivity contribution in [3.05, 3.63) is 247 Å². The fourth-order valence-electron chi connectivity index (χ4n) is 9.30. The Kier molecular flexibility index (Phi) is 8.82. The Morgan fingerprint density at radius 2 is 1.05 bits per heavy atom. The van der Waals surface area contributed by atoms with E-state index in [-0.39, 0.29) is 6.04 Å². The van der Waals surface area contributed by atoms with E-state index in [0.717, 1.165) is 78.5 Å². The number of nitrogens with zero attached hydrogens (tertiary/aromatic N) is 3. The van der Waals surface area contributed by atoms with Crippen LogP contribution in [0.3, 0.4) is 0 Å². The maximum atomic E-state index is 6.75. The van der Waals surface area contributed by atoms with Crippen LogP contribution in [0, 0.1) is 0 Å². The van der Waals surface area contributed by atoms with E-state index in [0.29, 0.717) is 0 Å². The number of hydrogen-bond donors (Lipinski definition) is 1. The average Bonchev–Trinajstić information content (AvgIpc) is 3.91. The first kappa shape index (κ1) is 36.4. The molecule has 1 atom stereocenters. The predicted molar refractivity (Wildman–Crippen MR) is 261 cm³/mol. The highest BCUT2D eigenvalue weighted by Gasteiger charge is 2.25. The van der Waals surface area contributed by atoms with Gasteiger partial charge in [-0.25, -0.2) is 4.99 Å². The Labute approximate surface area is 365 Å². The molecule has 0 fully saturated rings. The van der Waals surface area contributed by atoms with Crippen LogP contribution in [-0.2, 0) is 0 Å². The van der Waals surface area contributed by atoms with Gasteiger partial charge in [0.05, 0.1) is 28.5 Å². The van der Waals surface area contributed by atoms with E-state index in [9.17, 15) is 0 Å². The van der Waals surface area contributed by atoms with Gasteiger partial charge in [0.25, 0.3) is 0 Å². The summed E-state index contributed by atoms with van der Waals surface area (Å²) < 4.78 is 9.13. The minimum Gasteiger partial charge on any atom is -0.456 e. The summed E-state index contributed by atoms with van der Waals surface area (Å²) in [5.41, 5.74) is 14.5. The number of anilines is 3. The third-order valence-corrected chi connectivity index (χ3v) is 12.2. The van der Waals surface area contributed by atoms with Gasteiger partial charge in [-0.15, -0.1) is 0 Å². The monoisotopic (exact) mass is 808 g/mol. The lowest BCUT2D eigenvalue weighted by Gasteiger charge is -2.28. The first-order valence-corrected chi connectivity index (χ1v) is 21.4. The van der Waals surface area contributed by atoms with E-state index in [1.807, 2.05) is 12.1 Å². The first-order valence-electron chi connectivity index (χ1n) is 21.4. The van der Waals surface area contributed by atoms with Gasteiger partial charge in [-0.05, 0) is 83.4 Å². The molecular weight excluding hydrogens is 769 g/mol. The minimum atomic E-state index is -0.201. The SMILES string of the molecule is C1=C(c2cc(N(c3ccccc3)c3ccc(-c4ccccc4)cc3)cc3oc4ccccc4c23)N=C(c2ccccc2)NC1c1cccc(-n2c3ccccc3c3ccccc32)c1. The molecule has 5 heteroatoms. The molecule has 12 rings (SSSR count). The molecule has 11 aromatic rings. The van der Waals surface area contributed by atoms with Crippen LogP contribution in [-0.4, -0.2) is 10.4 Å². The summed E-state index contributed by atoms with van der Waals surface area (Å²) in [6.07, 6.45) is 2.28. The van der Waals surface area contributed by atoms with Gasteiger partial charge >= 0.3 is 0 Å². The zero-order chi connectivity index (χ0) is 41.7. The van der Waals surface area contributed by atoms with Gasteiger partial charge in [0.1, 0.15) is 17.0 Å². The molecule has 9 aromatic carbocycles. The van der Waals surface area contributed by atoms with Gasteiger partial charge in [-0.2, -0.15) is 0 Å². The molecule has 2 aromatic heterocycles. The molecule has 63 heavy (non-hydrogen) atoms. The van der Waals surface area contributed by atoms with Gasteiger partial charge in [0.2, 0.25) is 0 Å². The van der Waals surface area contributed by atoms with Crippen molar-refractivity contribution in [2.45, 2.75) is 6.04 Å². The molecule has 0 saturated heterocycles. The lowest BCUT2D eigenvalue weighted by atomic mass is 9.96. The number of nitrogens with one attached hydrogen (secondary N) is 1. The Hall–Kier alpha value is -8.41. The summed E-state index contributed by atoms with van der Waals surface area (Å²) in [6.45, 7) is 0. The van der Waals surface area contributed by atoms with Gasteiger partial charge in [-0.1, -0.05) is 158 Å². The molecule has 3 heterocycles. The van der Waals surface area contributed by atoms with E-state index in [4.69, 9.17) is 9.41 Å². The molecule has 0 saturated carbocycles. The van der Waals surface area contributed by atoms with E-state index >= 15 is 0 Å². The number of benzene rings is 9. The van der Waals surface area contributed by atoms with E-state index in [1.54, 1.807) is 0 Å². The van der Waals surface area contributed by atoms with Crippen molar-refractivity contribution in [3.63, 3.8) is 0 Å². The maximum absolute atomic E-state index is 6.75. The minimum absolute atomic E-state index is 0.201. The van der Waals surface area contributed by atoms with Crippen molar-refractivity contribution in [2.75, 3.05) is 4.90 Å². The average molecular weight is 809 g/mol. The zero-order valence-electron chi connectivity index (χ0n) is 34.3. The third-order valence-electron chi connectivity index (χ3n) is 12.2. The standard InChI is InChI=1S/C58H40N4O/c1-4-17-39(18-5-1)40-31-33-44(34-32-40)61(43-22-8-3-9-23-43)46-36-50(57-49-27-12-15-30-55(49)63-56(57)37-46)52-38-51(59-58(60-52)41-19-6-2-7-20-41)42-21-16-24-45(35-42)62-53-28-13-10-25-47(53)48-26-11-14-29-54(48)62/h1-38,51H,(H,59,60). The molecule has 5 nitrogen and oxygen atoms in total. The number of fused-ring (bicyclic) bond motifs is 6. The van der Waals surface area contributed by atoms with Crippen molar-refractivity contribution < 1.29 is 4.42 Å². The molecule has 1 aliphatic heterocycles. The topological polar surface area (TPSA) is 45.7 Å². The van der Waals surface area contributed by atoms with Crippen LogP contribution < -0.4 is 10.2 Å². The summed E-state index contributed by atoms with van der Waals surface area (Å²) in [5, 5.41) is 8.41. The molecule has 298 valence electrons. The zero-order valence-corrected chi connectivity index (χ0v) is 34.3. The summed E-state index contributed by atoms with van der Waals surface area (Å²) in [5.74, 6) is 0.808. The highest BCUT2D eigenvalue weighted by molar-refractivity contribution is 6.14. The first-order chi connectivity index (χ1) is 31.2. The van der Waals surface area contributed by atoms with Crippen molar-refractivity contribution in [1.82, 2.24) is 9.88 Å². The Morgan fingerprint density at radius 3 is 1.76 bits per heavy atom. The second kappa shape index (κ2) is 15.2. The van der Waals surface area contributed by atoms with Crippen LogP contribution in [0.1, 0.15) is 22.7 Å². The molecule has 0 spiro atoms. The van der Waals surface area contributed by atoms with Crippen molar-refractivity contribution in [3.8, 4) is 16.8 Å². The molecule has 0 bridgehead atoms. The smallest absolute Gasteiger partial charge is 0.138 e. The number of aromatic nitrogens is 1. The summed E-state index contributed by atoms with van der Waals surface area (Å²) in [7, 11) is 0. The quantitative estimate of drug-likeness (QED) is 0.166. The van der Waals surface area contributed by atoms with Crippen molar-refractivity contribution in [1.29, 1.82) is 0 Å². The van der Waals surface area contributed by atoms with Crippen molar-refractivity contribution in [2.24, 2.45) is 4.99 Å². The van der Waals surface area contributed by atoms with Crippen LogP contribution in [0.5, 0.6) is 0 Å².